The van der Waals surface area contributed by atoms with Gasteiger partial charge in [-0.05, 0) is 40.9 Å². The van der Waals surface area contributed by atoms with Crippen LogP contribution in [0.2, 0.25) is 0 Å². The number of halogens is 2. The Hall–Kier alpha value is -1.22. The van der Waals surface area contributed by atoms with E-state index in [4.69, 9.17) is 12.2 Å². The molecule has 0 saturated carbocycles. The number of nitrogens with one attached hydrogen (secondary N) is 1. The van der Waals surface area contributed by atoms with E-state index in [0.717, 1.165) is 11.2 Å². The second-order valence-electron chi connectivity index (χ2n) is 3.92. The number of H-pyrrole nitrogens is 1. The summed E-state index contributed by atoms with van der Waals surface area (Å²) in [7, 11) is 1.82. The Bertz CT molecular complexity index is 801. The molecular weight excluding hydrogens is 366 g/mol. The molecule has 1 N–H and O–H groups in total. The minimum atomic E-state index is -0.255. The minimum absolute atomic E-state index is 0.255. The summed E-state index contributed by atoms with van der Waals surface area (Å²) in [6.07, 6.45) is 3.53. The van der Waals surface area contributed by atoms with Crippen molar-refractivity contribution in [2.75, 3.05) is 0 Å². The van der Waals surface area contributed by atoms with Gasteiger partial charge in [0.05, 0.1) is 26.5 Å². The van der Waals surface area contributed by atoms with E-state index >= 15 is 0 Å². The minimum Gasteiger partial charge on any atom is -0.330 e. The van der Waals surface area contributed by atoms with Crippen molar-refractivity contribution in [2.24, 2.45) is 7.05 Å². The summed E-state index contributed by atoms with van der Waals surface area (Å²) in [5.41, 5.74) is 2.34. The van der Waals surface area contributed by atoms with Crippen molar-refractivity contribution < 1.29 is 4.39 Å². The van der Waals surface area contributed by atoms with Gasteiger partial charge in [0, 0.05) is 19.3 Å². The summed E-state index contributed by atoms with van der Waals surface area (Å²) in [5, 5.41) is 4.10. The SMILES string of the molecule is Cn1cc(-n2c(=S)[nH]c3cc(I)c(F)cc32)cn1. The fourth-order valence-corrected chi connectivity index (χ4v) is 2.66. The van der Waals surface area contributed by atoms with Crippen LogP contribution in [0.4, 0.5) is 4.39 Å². The van der Waals surface area contributed by atoms with Crippen molar-refractivity contribution in [2.45, 2.75) is 0 Å². The first kappa shape index (κ1) is 11.8. The van der Waals surface area contributed by atoms with Crippen LogP contribution < -0.4 is 0 Å². The number of fused-ring (bicyclic) bond motifs is 1. The zero-order chi connectivity index (χ0) is 12.9. The number of aryl methyl sites for hydroxylation is 1. The lowest BCUT2D eigenvalue weighted by atomic mass is 10.3. The number of nitrogens with zero attached hydrogens (tertiary/aromatic N) is 3. The van der Waals surface area contributed by atoms with Gasteiger partial charge >= 0.3 is 0 Å². The predicted octanol–water partition coefficient (Wildman–Crippen LogP) is 3.17. The van der Waals surface area contributed by atoms with Crippen LogP contribution in [0, 0.1) is 14.2 Å². The van der Waals surface area contributed by atoms with Gasteiger partial charge in [0.2, 0.25) is 0 Å². The Morgan fingerprint density at radius 1 is 1.44 bits per heavy atom. The van der Waals surface area contributed by atoms with E-state index < -0.39 is 0 Å². The van der Waals surface area contributed by atoms with Crippen molar-refractivity contribution >= 4 is 45.8 Å². The van der Waals surface area contributed by atoms with E-state index in [0.29, 0.717) is 13.9 Å². The molecule has 18 heavy (non-hydrogen) atoms. The summed E-state index contributed by atoms with van der Waals surface area (Å²) >= 11 is 7.23. The van der Waals surface area contributed by atoms with Gasteiger partial charge in [-0.15, -0.1) is 0 Å². The van der Waals surface area contributed by atoms with Crippen LogP contribution in [0.1, 0.15) is 0 Å². The summed E-state index contributed by atoms with van der Waals surface area (Å²) in [6, 6.07) is 3.23. The predicted molar refractivity (Wildman–Crippen MR) is 77.9 cm³/mol. The van der Waals surface area contributed by atoms with Crippen LogP contribution in [0.5, 0.6) is 0 Å². The molecule has 0 saturated heterocycles. The molecule has 92 valence electrons. The van der Waals surface area contributed by atoms with Crippen molar-refractivity contribution in [3.8, 4) is 5.69 Å². The summed E-state index contributed by atoms with van der Waals surface area (Å²) in [4.78, 5) is 3.07. The van der Waals surface area contributed by atoms with Crippen molar-refractivity contribution in [3.63, 3.8) is 0 Å². The Morgan fingerprint density at radius 3 is 2.89 bits per heavy atom. The molecule has 0 aliphatic carbocycles. The number of hydrogen-bond acceptors (Lipinski definition) is 2. The topological polar surface area (TPSA) is 38.5 Å². The number of rotatable bonds is 1. The first-order valence-electron chi connectivity index (χ1n) is 5.15. The molecule has 0 bridgehead atoms. The third-order valence-corrected chi connectivity index (χ3v) is 3.78. The Balaban J connectivity index is 2.38. The maximum Gasteiger partial charge on any atom is 0.182 e. The van der Waals surface area contributed by atoms with Crippen LogP contribution in [0.25, 0.3) is 16.7 Å². The van der Waals surface area contributed by atoms with Crippen molar-refractivity contribution in [3.05, 3.63) is 38.7 Å². The molecule has 0 aliphatic heterocycles. The first-order chi connectivity index (χ1) is 8.56. The highest BCUT2D eigenvalue weighted by molar-refractivity contribution is 14.1. The van der Waals surface area contributed by atoms with Gasteiger partial charge in [0.1, 0.15) is 5.82 Å². The molecule has 0 spiro atoms. The van der Waals surface area contributed by atoms with Crippen molar-refractivity contribution in [1.82, 2.24) is 19.3 Å². The first-order valence-corrected chi connectivity index (χ1v) is 6.64. The number of hydrogen-bond donors (Lipinski definition) is 1. The summed E-state index contributed by atoms with van der Waals surface area (Å²) in [5.74, 6) is -0.255. The number of aromatic nitrogens is 4. The highest BCUT2D eigenvalue weighted by Gasteiger charge is 2.11. The van der Waals surface area contributed by atoms with Crippen LogP contribution in [-0.4, -0.2) is 19.3 Å². The molecule has 0 aliphatic rings. The molecule has 0 atom stereocenters. The second-order valence-corrected chi connectivity index (χ2v) is 5.47. The molecule has 1 aromatic carbocycles. The maximum absolute atomic E-state index is 13.7. The van der Waals surface area contributed by atoms with E-state index in [9.17, 15) is 4.39 Å². The molecule has 0 radical (unpaired) electrons. The molecule has 0 fully saturated rings. The number of aromatic amines is 1. The normalized spacial score (nSPS) is 11.3. The van der Waals surface area contributed by atoms with E-state index in [2.05, 4.69) is 10.1 Å². The van der Waals surface area contributed by atoms with Gasteiger partial charge in [-0.25, -0.2) is 4.39 Å². The summed E-state index contributed by atoms with van der Waals surface area (Å²) in [6.45, 7) is 0. The maximum atomic E-state index is 13.7. The van der Waals surface area contributed by atoms with E-state index in [1.165, 1.54) is 6.07 Å². The van der Waals surface area contributed by atoms with Crippen LogP contribution in [0.3, 0.4) is 0 Å². The molecule has 0 amide bonds. The molecule has 3 aromatic rings. The number of imidazole rings is 1. The highest BCUT2D eigenvalue weighted by Crippen LogP contribution is 2.23. The lowest BCUT2D eigenvalue weighted by Crippen LogP contribution is -1.93. The van der Waals surface area contributed by atoms with Crippen LogP contribution in [-0.2, 0) is 7.05 Å². The van der Waals surface area contributed by atoms with Gasteiger partial charge in [-0.3, -0.25) is 9.25 Å². The van der Waals surface area contributed by atoms with Gasteiger partial charge in [0.25, 0.3) is 0 Å². The van der Waals surface area contributed by atoms with Gasteiger partial charge in [-0.1, -0.05) is 0 Å². The average Bonchev–Trinajstić information content (AvgIpc) is 2.83. The Morgan fingerprint density at radius 2 is 2.22 bits per heavy atom. The van der Waals surface area contributed by atoms with Gasteiger partial charge < -0.3 is 4.98 Å². The average molecular weight is 374 g/mol. The third-order valence-electron chi connectivity index (χ3n) is 2.67. The fourth-order valence-electron chi connectivity index (χ4n) is 1.88. The Kier molecular flexibility index (Phi) is 2.74. The Labute approximate surface area is 121 Å². The highest BCUT2D eigenvalue weighted by atomic mass is 127. The third kappa shape index (κ3) is 1.77. The lowest BCUT2D eigenvalue weighted by molar-refractivity contribution is 0.622. The lowest BCUT2D eigenvalue weighted by Gasteiger charge is -2.01. The zero-order valence-corrected chi connectivity index (χ0v) is 12.3. The molecule has 0 unspecified atom stereocenters. The monoisotopic (exact) mass is 374 g/mol. The van der Waals surface area contributed by atoms with Gasteiger partial charge in [0.15, 0.2) is 4.77 Å². The zero-order valence-electron chi connectivity index (χ0n) is 9.32. The largest absolute Gasteiger partial charge is 0.330 e. The molecule has 2 aromatic heterocycles. The summed E-state index contributed by atoms with van der Waals surface area (Å²) < 4.78 is 18.2. The van der Waals surface area contributed by atoms with E-state index in [-0.39, 0.29) is 5.82 Å². The van der Waals surface area contributed by atoms with E-state index in [1.54, 1.807) is 21.5 Å². The molecule has 4 nitrogen and oxygen atoms in total. The van der Waals surface area contributed by atoms with Crippen LogP contribution >= 0.6 is 34.8 Å². The van der Waals surface area contributed by atoms with Crippen LogP contribution in [0.15, 0.2) is 24.5 Å². The quantitative estimate of drug-likeness (QED) is 0.525. The smallest absolute Gasteiger partial charge is 0.182 e. The molecule has 7 heteroatoms. The van der Waals surface area contributed by atoms with Gasteiger partial charge in [-0.2, -0.15) is 5.10 Å². The van der Waals surface area contributed by atoms with E-state index in [1.807, 2.05) is 35.8 Å². The molecule has 2 heterocycles. The molecular formula is C11H8FIN4S. The standard InChI is InChI=1S/C11H8FIN4S/c1-16-5-6(4-14-16)17-10-2-7(12)8(13)3-9(10)15-11(17)18/h2-5H,1H3,(H,15,18). The number of benzene rings is 1. The fraction of sp³-hybridized carbons (Fsp3) is 0.0909. The van der Waals surface area contributed by atoms with Crippen molar-refractivity contribution in [1.29, 1.82) is 0 Å². The molecule has 3 rings (SSSR count). The second kappa shape index (κ2) is 4.16.